The third kappa shape index (κ3) is 2.50. The molecule has 0 amide bonds. The summed E-state index contributed by atoms with van der Waals surface area (Å²) in [4.78, 5) is 10.7. The van der Waals surface area contributed by atoms with Gasteiger partial charge in [0, 0.05) is 17.9 Å². The summed E-state index contributed by atoms with van der Waals surface area (Å²) >= 11 is 0. The summed E-state index contributed by atoms with van der Waals surface area (Å²) in [5.41, 5.74) is 0.0993. The van der Waals surface area contributed by atoms with Crippen molar-refractivity contribution in [2.75, 3.05) is 6.26 Å². The predicted molar refractivity (Wildman–Crippen MR) is 68.4 cm³/mol. The maximum atomic E-state index is 11.8. The van der Waals surface area contributed by atoms with E-state index in [4.69, 9.17) is 9.63 Å². The summed E-state index contributed by atoms with van der Waals surface area (Å²) < 4.78 is 28.4. The fraction of sp³-hybridized carbons (Fsp3) is 0.167. The van der Waals surface area contributed by atoms with E-state index in [1.54, 1.807) is 6.92 Å². The minimum Gasteiger partial charge on any atom is -0.508 e. The third-order valence-corrected chi connectivity index (χ3v) is 3.83. The SMILES string of the molecule is Cc1cc(S(C)(=O)=O)c(-c2cc(C(=O)O)no2)cc1O. The molecule has 2 aromatic rings. The summed E-state index contributed by atoms with van der Waals surface area (Å²) in [5.74, 6) is -1.46. The first kappa shape index (κ1) is 14.1. The van der Waals surface area contributed by atoms with E-state index in [0.717, 1.165) is 12.3 Å². The lowest BCUT2D eigenvalue weighted by Crippen LogP contribution is -2.00. The van der Waals surface area contributed by atoms with Gasteiger partial charge in [0.15, 0.2) is 21.3 Å². The van der Waals surface area contributed by atoms with E-state index in [1.807, 2.05) is 0 Å². The average molecular weight is 297 g/mol. The molecule has 0 saturated carbocycles. The molecular weight excluding hydrogens is 286 g/mol. The third-order valence-electron chi connectivity index (χ3n) is 2.69. The monoisotopic (exact) mass is 297 g/mol. The molecule has 8 heteroatoms. The highest BCUT2D eigenvalue weighted by Crippen LogP contribution is 2.33. The Bertz CT molecular complexity index is 790. The molecule has 0 atom stereocenters. The minimum atomic E-state index is -3.58. The van der Waals surface area contributed by atoms with Crippen LogP contribution in [0.1, 0.15) is 16.1 Å². The standard InChI is InChI=1S/C12H11NO6S/c1-6-3-11(20(2,17)18)7(4-9(6)14)10-5-8(12(15)16)13-19-10/h3-5,14H,1-2H3,(H,15,16). The first-order valence-electron chi connectivity index (χ1n) is 5.44. The molecule has 0 radical (unpaired) electrons. The molecular formula is C12H11NO6S. The quantitative estimate of drug-likeness (QED) is 0.880. The highest BCUT2D eigenvalue weighted by Gasteiger charge is 2.21. The lowest BCUT2D eigenvalue weighted by Gasteiger charge is -2.08. The van der Waals surface area contributed by atoms with Crippen LogP contribution in [0.5, 0.6) is 5.75 Å². The maximum absolute atomic E-state index is 11.8. The van der Waals surface area contributed by atoms with E-state index < -0.39 is 15.8 Å². The van der Waals surface area contributed by atoms with Crippen LogP contribution >= 0.6 is 0 Å². The number of carbonyl (C=O) groups is 1. The fourth-order valence-corrected chi connectivity index (χ4v) is 2.62. The van der Waals surface area contributed by atoms with Crippen LogP contribution in [0.4, 0.5) is 0 Å². The van der Waals surface area contributed by atoms with Crippen LogP contribution in [-0.4, -0.2) is 36.0 Å². The zero-order valence-corrected chi connectivity index (χ0v) is 11.4. The lowest BCUT2D eigenvalue weighted by atomic mass is 10.1. The maximum Gasteiger partial charge on any atom is 0.358 e. The Hall–Kier alpha value is -2.35. The van der Waals surface area contributed by atoms with E-state index in [2.05, 4.69) is 5.16 Å². The summed E-state index contributed by atoms with van der Waals surface area (Å²) in [5, 5.41) is 21.8. The van der Waals surface area contributed by atoms with Gasteiger partial charge in [-0.05, 0) is 24.6 Å². The van der Waals surface area contributed by atoms with Gasteiger partial charge in [-0.2, -0.15) is 0 Å². The van der Waals surface area contributed by atoms with Gasteiger partial charge >= 0.3 is 5.97 Å². The second-order valence-corrected chi connectivity index (χ2v) is 6.27. The van der Waals surface area contributed by atoms with Crippen molar-refractivity contribution in [3.05, 3.63) is 29.5 Å². The van der Waals surface area contributed by atoms with Gasteiger partial charge in [0.2, 0.25) is 0 Å². The number of nitrogens with zero attached hydrogens (tertiary/aromatic N) is 1. The van der Waals surface area contributed by atoms with E-state index >= 15 is 0 Å². The van der Waals surface area contributed by atoms with Gasteiger partial charge in [0.05, 0.1) is 4.90 Å². The Kier molecular flexibility index (Phi) is 3.26. The number of carboxylic acids is 1. The van der Waals surface area contributed by atoms with Gasteiger partial charge in [-0.3, -0.25) is 0 Å². The predicted octanol–water partition coefficient (Wildman–Crippen LogP) is 1.46. The molecule has 20 heavy (non-hydrogen) atoms. The molecule has 106 valence electrons. The zero-order chi connectivity index (χ0) is 15.1. The Morgan fingerprint density at radius 1 is 1.30 bits per heavy atom. The van der Waals surface area contributed by atoms with Crippen LogP contribution in [0, 0.1) is 6.92 Å². The molecule has 0 fully saturated rings. The smallest absolute Gasteiger partial charge is 0.358 e. The van der Waals surface area contributed by atoms with Crippen LogP contribution in [-0.2, 0) is 9.84 Å². The van der Waals surface area contributed by atoms with Crippen molar-refractivity contribution in [3.8, 4) is 17.1 Å². The Morgan fingerprint density at radius 2 is 1.95 bits per heavy atom. The largest absolute Gasteiger partial charge is 0.508 e. The summed E-state index contributed by atoms with van der Waals surface area (Å²) in [6.07, 6.45) is 1.01. The van der Waals surface area contributed by atoms with Crippen LogP contribution in [0.2, 0.25) is 0 Å². The molecule has 0 saturated heterocycles. The minimum absolute atomic E-state index is 0.0434. The van der Waals surface area contributed by atoms with Crippen LogP contribution in [0.3, 0.4) is 0 Å². The first-order valence-corrected chi connectivity index (χ1v) is 7.33. The van der Waals surface area contributed by atoms with E-state index in [-0.39, 0.29) is 27.7 Å². The van der Waals surface area contributed by atoms with Crippen molar-refractivity contribution >= 4 is 15.8 Å². The molecule has 0 aliphatic rings. The van der Waals surface area contributed by atoms with Crippen molar-refractivity contribution in [1.29, 1.82) is 0 Å². The number of rotatable bonds is 3. The fourth-order valence-electron chi connectivity index (χ4n) is 1.67. The second-order valence-electron chi connectivity index (χ2n) is 4.29. The van der Waals surface area contributed by atoms with Gasteiger partial charge in [-0.1, -0.05) is 5.16 Å². The number of aryl methyl sites for hydroxylation is 1. The number of benzene rings is 1. The average Bonchev–Trinajstić information content (AvgIpc) is 2.80. The van der Waals surface area contributed by atoms with Crippen molar-refractivity contribution in [1.82, 2.24) is 5.16 Å². The Morgan fingerprint density at radius 3 is 2.45 bits per heavy atom. The summed E-state index contributed by atoms with van der Waals surface area (Å²) in [6, 6.07) is 3.60. The lowest BCUT2D eigenvalue weighted by molar-refractivity contribution is 0.0686. The van der Waals surface area contributed by atoms with E-state index in [0.29, 0.717) is 5.56 Å². The molecule has 0 aliphatic carbocycles. The first-order chi connectivity index (χ1) is 9.20. The zero-order valence-electron chi connectivity index (χ0n) is 10.6. The van der Waals surface area contributed by atoms with Crippen LogP contribution < -0.4 is 0 Å². The number of aromatic nitrogens is 1. The van der Waals surface area contributed by atoms with Crippen LogP contribution in [0.15, 0.2) is 27.6 Å². The Balaban J connectivity index is 2.72. The van der Waals surface area contributed by atoms with Gasteiger partial charge in [0.25, 0.3) is 0 Å². The van der Waals surface area contributed by atoms with Gasteiger partial charge in [-0.15, -0.1) is 0 Å². The van der Waals surface area contributed by atoms with Crippen molar-refractivity contribution in [2.24, 2.45) is 0 Å². The molecule has 0 bridgehead atoms. The normalized spacial score (nSPS) is 11.5. The molecule has 1 aromatic carbocycles. The van der Waals surface area contributed by atoms with Crippen molar-refractivity contribution in [2.45, 2.75) is 11.8 Å². The van der Waals surface area contributed by atoms with Gasteiger partial charge in [-0.25, -0.2) is 13.2 Å². The molecule has 0 aliphatic heterocycles. The molecule has 2 rings (SSSR count). The number of hydrogen-bond donors (Lipinski definition) is 2. The van der Waals surface area contributed by atoms with Gasteiger partial charge < -0.3 is 14.7 Å². The number of hydrogen-bond acceptors (Lipinski definition) is 6. The molecule has 0 unspecified atom stereocenters. The highest BCUT2D eigenvalue weighted by molar-refractivity contribution is 7.90. The Labute approximate surface area is 114 Å². The van der Waals surface area contributed by atoms with Gasteiger partial charge in [0.1, 0.15) is 5.75 Å². The molecule has 0 spiro atoms. The number of carboxylic acid groups (broad SMARTS) is 1. The van der Waals surface area contributed by atoms with Crippen LogP contribution in [0.25, 0.3) is 11.3 Å². The summed E-state index contributed by atoms with van der Waals surface area (Å²) in [6.45, 7) is 1.55. The molecule has 2 N–H and O–H groups in total. The number of aromatic hydroxyl groups is 1. The topological polar surface area (TPSA) is 118 Å². The molecule has 1 aromatic heterocycles. The number of aromatic carboxylic acids is 1. The second kappa shape index (κ2) is 4.64. The highest BCUT2D eigenvalue weighted by atomic mass is 32.2. The molecule has 1 heterocycles. The number of phenols is 1. The number of phenolic OH excluding ortho intramolecular Hbond substituents is 1. The van der Waals surface area contributed by atoms with E-state index in [9.17, 15) is 18.3 Å². The number of sulfone groups is 1. The van der Waals surface area contributed by atoms with Crippen molar-refractivity contribution in [3.63, 3.8) is 0 Å². The summed E-state index contributed by atoms with van der Waals surface area (Å²) in [7, 11) is -3.58. The van der Waals surface area contributed by atoms with Crippen molar-refractivity contribution < 1.29 is 27.9 Å². The molecule has 7 nitrogen and oxygen atoms in total. The van der Waals surface area contributed by atoms with E-state index in [1.165, 1.54) is 12.1 Å².